The number of hydrogen-bond acceptors (Lipinski definition) is 5. The Labute approximate surface area is 221 Å². The molecule has 1 aliphatic carbocycles. The van der Waals surface area contributed by atoms with E-state index in [2.05, 4.69) is 65.3 Å². The molecule has 5 rings (SSSR count). The van der Waals surface area contributed by atoms with Gasteiger partial charge >= 0.3 is 0 Å². The summed E-state index contributed by atoms with van der Waals surface area (Å²) in [6.07, 6.45) is 5.46. The van der Waals surface area contributed by atoms with E-state index < -0.39 is 0 Å². The monoisotopic (exact) mass is 500 g/mol. The average molecular weight is 501 g/mol. The van der Waals surface area contributed by atoms with E-state index in [4.69, 9.17) is 9.47 Å². The SMILES string of the molecule is CCCN(Cc1ccc(OCCN2CCC2)cc1)c1cc(OC)ccc1C1CCc2cc(O)ccc2C1. The van der Waals surface area contributed by atoms with E-state index in [0.29, 0.717) is 11.7 Å². The number of likely N-dealkylation sites (tertiary alicyclic amines) is 1. The Hall–Kier alpha value is -3.18. The zero-order chi connectivity index (χ0) is 25.6. The summed E-state index contributed by atoms with van der Waals surface area (Å²) in [4.78, 5) is 4.93. The number of aryl methyl sites for hydroxylation is 1. The van der Waals surface area contributed by atoms with Crippen LogP contribution in [-0.2, 0) is 19.4 Å². The van der Waals surface area contributed by atoms with Crippen molar-refractivity contribution in [3.63, 3.8) is 0 Å². The fourth-order valence-electron chi connectivity index (χ4n) is 5.64. The van der Waals surface area contributed by atoms with Crippen LogP contribution < -0.4 is 14.4 Å². The average Bonchev–Trinajstić information content (AvgIpc) is 2.90. The summed E-state index contributed by atoms with van der Waals surface area (Å²) in [5.41, 5.74) is 6.57. The number of rotatable bonds is 11. The minimum Gasteiger partial charge on any atom is -0.508 e. The third-order valence-corrected chi connectivity index (χ3v) is 7.85. The van der Waals surface area contributed by atoms with E-state index >= 15 is 0 Å². The number of fused-ring (bicyclic) bond motifs is 1. The molecule has 0 amide bonds. The topological polar surface area (TPSA) is 45.2 Å². The number of ether oxygens (including phenoxy) is 2. The molecule has 1 saturated heterocycles. The minimum absolute atomic E-state index is 0.365. The van der Waals surface area contributed by atoms with Gasteiger partial charge in [-0.05, 0) is 104 Å². The van der Waals surface area contributed by atoms with E-state index in [-0.39, 0.29) is 0 Å². The highest BCUT2D eigenvalue weighted by Gasteiger charge is 2.25. The van der Waals surface area contributed by atoms with Crippen LogP contribution in [0, 0.1) is 0 Å². The van der Waals surface area contributed by atoms with Crippen LogP contribution in [0.3, 0.4) is 0 Å². The van der Waals surface area contributed by atoms with Crippen LogP contribution in [0.5, 0.6) is 17.2 Å². The van der Waals surface area contributed by atoms with Gasteiger partial charge in [-0.2, -0.15) is 0 Å². The van der Waals surface area contributed by atoms with Crippen LogP contribution in [0.15, 0.2) is 60.7 Å². The molecule has 5 nitrogen and oxygen atoms in total. The van der Waals surface area contributed by atoms with Crippen LogP contribution >= 0.6 is 0 Å². The third-order valence-electron chi connectivity index (χ3n) is 7.85. The van der Waals surface area contributed by atoms with Gasteiger partial charge in [0.05, 0.1) is 7.11 Å². The molecule has 0 aromatic heterocycles. The van der Waals surface area contributed by atoms with Crippen LogP contribution in [0.25, 0.3) is 0 Å². The number of hydrogen-bond donors (Lipinski definition) is 1. The standard InChI is InChI=1S/C32H40N2O3/c1-3-15-34(23-24-5-11-29(12-6-24)37-19-18-33-16-4-17-33)32-22-30(36-2)13-14-31(32)27-8-7-26-21-28(35)10-9-25(26)20-27/h5-6,9-14,21-22,27,35H,3-4,7-8,15-20,23H2,1-2H3. The smallest absolute Gasteiger partial charge is 0.120 e. The normalized spacial score (nSPS) is 17.1. The predicted molar refractivity (Wildman–Crippen MR) is 150 cm³/mol. The molecule has 3 aromatic rings. The number of anilines is 1. The minimum atomic E-state index is 0.365. The highest BCUT2D eigenvalue weighted by atomic mass is 16.5. The lowest BCUT2D eigenvalue weighted by atomic mass is 9.79. The molecule has 1 atom stereocenters. The molecule has 1 unspecified atom stereocenters. The van der Waals surface area contributed by atoms with E-state index in [9.17, 15) is 5.11 Å². The van der Waals surface area contributed by atoms with E-state index in [1.54, 1.807) is 7.11 Å². The summed E-state index contributed by atoms with van der Waals surface area (Å²) in [5, 5.41) is 9.91. The molecular weight excluding hydrogens is 460 g/mol. The zero-order valence-electron chi connectivity index (χ0n) is 22.3. The molecule has 1 fully saturated rings. The Balaban J connectivity index is 1.33. The van der Waals surface area contributed by atoms with Crippen LogP contribution in [0.1, 0.15) is 54.4 Å². The third kappa shape index (κ3) is 6.22. The number of methoxy groups -OCH3 is 1. The molecule has 1 N–H and O–H groups in total. The highest BCUT2D eigenvalue weighted by molar-refractivity contribution is 5.60. The highest BCUT2D eigenvalue weighted by Crippen LogP contribution is 2.40. The van der Waals surface area contributed by atoms with Gasteiger partial charge in [-0.1, -0.05) is 31.2 Å². The molecule has 37 heavy (non-hydrogen) atoms. The van der Waals surface area contributed by atoms with Crippen LogP contribution in [0.2, 0.25) is 0 Å². The van der Waals surface area contributed by atoms with Crippen molar-refractivity contribution in [1.29, 1.82) is 0 Å². The Bertz CT molecular complexity index is 1170. The first-order chi connectivity index (χ1) is 18.1. The lowest BCUT2D eigenvalue weighted by molar-refractivity contribution is 0.147. The summed E-state index contributed by atoms with van der Waals surface area (Å²) in [6.45, 7) is 8.24. The van der Waals surface area contributed by atoms with Crippen LogP contribution in [0.4, 0.5) is 5.69 Å². The summed E-state index contributed by atoms with van der Waals surface area (Å²) < 4.78 is 11.6. The molecule has 5 heteroatoms. The molecule has 3 aromatic carbocycles. The second kappa shape index (κ2) is 11.9. The lowest BCUT2D eigenvalue weighted by Gasteiger charge is -2.32. The second-order valence-electron chi connectivity index (χ2n) is 10.4. The van der Waals surface area contributed by atoms with Gasteiger partial charge in [-0.3, -0.25) is 4.90 Å². The van der Waals surface area contributed by atoms with Crippen molar-refractivity contribution in [2.45, 2.75) is 51.5 Å². The fourth-order valence-corrected chi connectivity index (χ4v) is 5.64. The first-order valence-electron chi connectivity index (χ1n) is 13.8. The van der Waals surface area contributed by atoms with Crippen molar-refractivity contribution >= 4 is 5.69 Å². The molecule has 0 radical (unpaired) electrons. The largest absolute Gasteiger partial charge is 0.508 e. The van der Waals surface area contributed by atoms with Crippen molar-refractivity contribution in [2.75, 3.05) is 44.8 Å². The maximum absolute atomic E-state index is 9.91. The second-order valence-corrected chi connectivity index (χ2v) is 10.4. The Morgan fingerprint density at radius 1 is 0.973 bits per heavy atom. The lowest BCUT2D eigenvalue weighted by Crippen LogP contribution is -2.39. The van der Waals surface area contributed by atoms with E-state index in [1.165, 1.54) is 47.5 Å². The summed E-state index contributed by atoms with van der Waals surface area (Å²) in [5.74, 6) is 2.65. The quantitative estimate of drug-likeness (QED) is 0.341. The van der Waals surface area contributed by atoms with Crippen molar-refractivity contribution < 1.29 is 14.6 Å². The fraction of sp³-hybridized carbons (Fsp3) is 0.438. The Morgan fingerprint density at radius 3 is 2.51 bits per heavy atom. The van der Waals surface area contributed by atoms with Gasteiger partial charge < -0.3 is 19.5 Å². The Morgan fingerprint density at radius 2 is 1.78 bits per heavy atom. The number of phenolic OH excluding ortho intramolecular Hbond substituents is 1. The Kier molecular flexibility index (Phi) is 8.20. The van der Waals surface area contributed by atoms with Gasteiger partial charge in [0, 0.05) is 31.4 Å². The summed E-state index contributed by atoms with van der Waals surface area (Å²) >= 11 is 0. The molecule has 196 valence electrons. The van der Waals surface area contributed by atoms with Crippen molar-refractivity contribution in [1.82, 2.24) is 4.90 Å². The van der Waals surface area contributed by atoms with Crippen molar-refractivity contribution in [2.24, 2.45) is 0 Å². The van der Waals surface area contributed by atoms with Crippen molar-refractivity contribution in [3.8, 4) is 17.2 Å². The maximum Gasteiger partial charge on any atom is 0.120 e. The van der Waals surface area contributed by atoms with E-state index in [0.717, 1.165) is 63.4 Å². The zero-order valence-corrected chi connectivity index (χ0v) is 22.3. The molecule has 0 bridgehead atoms. The number of aromatic hydroxyl groups is 1. The molecule has 0 saturated carbocycles. The summed E-state index contributed by atoms with van der Waals surface area (Å²) in [7, 11) is 1.74. The predicted octanol–water partition coefficient (Wildman–Crippen LogP) is 6.17. The van der Waals surface area contributed by atoms with Gasteiger partial charge in [0.1, 0.15) is 23.9 Å². The van der Waals surface area contributed by atoms with Gasteiger partial charge in [0.2, 0.25) is 0 Å². The number of phenols is 1. The number of nitrogens with zero attached hydrogens (tertiary/aromatic N) is 2. The van der Waals surface area contributed by atoms with Gasteiger partial charge in [0.25, 0.3) is 0 Å². The van der Waals surface area contributed by atoms with Crippen LogP contribution in [-0.4, -0.2) is 49.9 Å². The summed E-state index contributed by atoms with van der Waals surface area (Å²) in [6, 6.07) is 21.0. The molecule has 2 aliphatic rings. The first kappa shape index (κ1) is 25.5. The molecule has 0 spiro atoms. The van der Waals surface area contributed by atoms with Gasteiger partial charge in [0.15, 0.2) is 0 Å². The first-order valence-corrected chi connectivity index (χ1v) is 13.8. The number of benzene rings is 3. The van der Waals surface area contributed by atoms with Gasteiger partial charge in [-0.25, -0.2) is 0 Å². The molecule has 1 heterocycles. The molecular formula is C32H40N2O3. The molecule has 1 aliphatic heterocycles. The van der Waals surface area contributed by atoms with Gasteiger partial charge in [-0.15, -0.1) is 0 Å². The van der Waals surface area contributed by atoms with Crippen molar-refractivity contribution in [3.05, 3.63) is 82.9 Å². The van der Waals surface area contributed by atoms with E-state index in [1.807, 2.05) is 12.1 Å². The maximum atomic E-state index is 9.91.